The molecule has 0 spiro atoms. The van der Waals surface area contributed by atoms with Gasteiger partial charge in [0.05, 0.1) is 11.5 Å². The Kier molecular flexibility index (Phi) is 6.57. The van der Waals surface area contributed by atoms with Crippen molar-refractivity contribution >= 4 is 15.7 Å². The molecule has 1 saturated heterocycles. The van der Waals surface area contributed by atoms with Crippen LogP contribution in [0.1, 0.15) is 30.9 Å². The number of sulfone groups is 1. The van der Waals surface area contributed by atoms with Gasteiger partial charge in [0.2, 0.25) is 0 Å². The fourth-order valence-electron chi connectivity index (χ4n) is 3.49. The van der Waals surface area contributed by atoms with Gasteiger partial charge in [0.25, 0.3) is 5.91 Å². The van der Waals surface area contributed by atoms with Crippen LogP contribution >= 0.6 is 0 Å². The summed E-state index contributed by atoms with van der Waals surface area (Å²) in [5, 5.41) is 0. The van der Waals surface area contributed by atoms with Crippen LogP contribution in [0.25, 0.3) is 0 Å². The number of rotatable bonds is 7. The smallest absolute Gasteiger partial charge is 0.264 e. The third-order valence-electron chi connectivity index (χ3n) is 5.16. The van der Waals surface area contributed by atoms with Gasteiger partial charge in [-0.2, -0.15) is 0 Å². The van der Waals surface area contributed by atoms with E-state index in [-0.39, 0.29) is 29.7 Å². The standard InChI is InChI=1S/C22H26FNO4S/c1-3-20(28-21-7-5-4-6-19(21)23)22(25)24(18-12-13-29(26,27)15-18)14-17-10-8-16(2)9-11-17/h4-11,18,20H,3,12-15H2,1-2H3/t18-,20-/m0/s1. The predicted octanol–water partition coefficient (Wildman–Crippen LogP) is 3.51. The number of nitrogens with zero attached hydrogens (tertiary/aromatic N) is 1. The average molecular weight is 420 g/mol. The van der Waals surface area contributed by atoms with Gasteiger partial charge in [-0.05, 0) is 37.5 Å². The minimum atomic E-state index is -3.17. The quantitative estimate of drug-likeness (QED) is 0.689. The third-order valence-corrected chi connectivity index (χ3v) is 6.91. The second-order valence-corrected chi connectivity index (χ2v) is 9.68. The number of carbonyl (C=O) groups is 1. The van der Waals surface area contributed by atoms with E-state index in [1.807, 2.05) is 31.2 Å². The van der Waals surface area contributed by atoms with Crippen molar-refractivity contribution in [1.82, 2.24) is 4.90 Å². The molecular weight excluding hydrogens is 393 g/mol. The van der Waals surface area contributed by atoms with Gasteiger partial charge >= 0.3 is 0 Å². The molecule has 1 aliphatic heterocycles. The fourth-order valence-corrected chi connectivity index (χ4v) is 5.22. The number of aryl methyl sites for hydroxylation is 1. The molecule has 156 valence electrons. The zero-order valence-corrected chi connectivity index (χ0v) is 17.5. The molecule has 2 aromatic carbocycles. The molecule has 2 atom stereocenters. The normalized spacial score (nSPS) is 18.9. The van der Waals surface area contributed by atoms with E-state index in [1.165, 1.54) is 12.1 Å². The zero-order valence-electron chi connectivity index (χ0n) is 16.7. The van der Waals surface area contributed by atoms with Crippen LogP contribution in [0.5, 0.6) is 5.75 Å². The lowest BCUT2D eigenvalue weighted by atomic mass is 10.1. The molecule has 0 bridgehead atoms. The van der Waals surface area contributed by atoms with Crippen LogP contribution in [0.2, 0.25) is 0 Å². The first-order chi connectivity index (χ1) is 13.8. The molecule has 0 radical (unpaired) electrons. The molecule has 29 heavy (non-hydrogen) atoms. The van der Waals surface area contributed by atoms with Crippen LogP contribution in [0.15, 0.2) is 48.5 Å². The van der Waals surface area contributed by atoms with Gasteiger partial charge in [0, 0.05) is 12.6 Å². The van der Waals surface area contributed by atoms with Crippen molar-refractivity contribution < 1.29 is 22.3 Å². The Balaban J connectivity index is 1.85. The van der Waals surface area contributed by atoms with Crippen molar-refractivity contribution in [3.63, 3.8) is 0 Å². The highest BCUT2D eigenvalue weighted by Gasteiger charge is 2.37. The lowest BCUT2D eigenvalue weighted by Gasteiger charge is -2.32. The maximum atomic E-state index is 14.0. The Hall–Kier alpha value is -2.41. The summed E-state index contributed by atoms with van der Waals surface area (Å²) in [6.45, 7) is 4.06. The van der Waals surface area contributed by atoms with Crippen LogP contribution in [0.4, 0.5) is 4.39 Å². The number of ether oxygens (including phenoxy) is 1. The van der Waals surface area contributed by atoms with E-state index in [2.05, 4.69) is 0 Å². The molecule has 1 amide bonds. The molecule has 7 heteroatoms. The van der Waals surface area contributed by atoms with Crippen molar-refractivity contribution in [2.75, 3.05) is 11.5 Å². The Morgan fingerprint density at radius 3 is 2.48 bits per heavy atom. The highest BCUT2D eigenvalue weighted by Crippen LogP contribution is 2.24. The highest BCUT2D eigenvalue weighted by molar-refractivity contribution is 7.91. The molecule has 0 aromatic heterocycles. The lowest BCUT2D eigenvalue weighted by molar-refractivity contribution is -0.141. The van der Waals surface area contributed by atoms with Crippen molar-refractivity contribution in [2.24, 2.45) is 0 Å². The number of benzene rings is 2. The van der Waals surface area contributed by atoms with E-state index in [4.69, 9.17) is 4.74 Å². The first-order valence-electron chi connectivity index (χ1n) is 9.76. The zero-order chi connectivity index (χ0) is 21.0. The summed E-state index contributed by atoms with van der Waals surface area (Å²) in [6.07, 6.45) is -0.145. The molecule has 1 aliphatic rings. The second-order valence-electron chi connectivity index (χ2n) is 7.45. The summed E-state index contributed by atoms with van der Waals surface area (Å²) in [4.78, 5) is 14.9. The van der Waals surface area contributed by atoms with E-state index in [0.717, 1.165) is 11.1 Å². The van der Waals surface area contributed by atoms with Crippen molar-refractivity contribution in [3.8, 4) is 5.75 Å². The van der Waals surface area contributed by atoms with Crippen LogP contribution in [-0.4, -0.2) is 42.9 Å². The van der Waals surface area contributed by atoms with Crippen molar-refractivity contribution in [1.29, 1.82) is 0 Å². The van der Waals surface area contributed by atoms with E-state index in [1.54, 1.807) is 24.0 Å². The van der Waals surface area contributed by atoms with E-state index in [0.29, 0.717) is 12.8 Å². The average Bonchev–Trinajstić information content (AvgIpc) is 3.06. The van der Waals surface area contributed by atoms with Gasteiger partial charge in [0.15, 0.2) is 27.5 Å². The Morgan fingerprint density at radius 2 is 1.90 bits per heavy atom. The Morgan fingerprint density at radius 1 is 1.21 bits per heavy atom. The topological polar surface area (TPSA) is 63.7 Å². The monoisotopic (exact) mass is 419 g/mol. The molecule has 0 aliphatic carbocycles. The molecule has 2 aromatic rings. The summed E-state index contributed by atoms with van der Waals surface area (Å²) in [7, 11) is -3.17. The van der Waals surface area contributed by atoms with Crippen LogP contribution < -0.4 is 4.74 Å². The second kappa shape index (κ2) is 8.95. The molecule has 0 N–H and O–H groups in total. The van der Waals surface area contributed by atoms with Gasteiger partial charge in [0.1, 0.15) is 0 Å². The summed E-state index contributed by atoms with van der Waals surface area (Å²) in [5.74, 6) is -0.825. The minimum absolute atomic E-state index is 0.0158. The first-order valence-corrected chi connectivity index (χ1v) is 11.6. The molecule has 1 heterocycles. The van der Waals surface area contributed by atoms with Gasteiger partial charge in [-0.15, -0.1) is 0 Å². The van der Waals surface area contributed by atoms with Crippen molar-refractivity contribution in [3.05, 3.63) is 65.5 Å². The Bertz CT molecular complexity index is 959. The van der Waals surface area contributed by atoms with Gasteiger partial charge in [-0.1, -0.05) is 48.9 Å². The number of amides is 1. The summed E-state index contributed by atoms with van der Waals surface area (Å²) < 4.78 is 43.7. The number of carbonyl (C=O) groups excluding carboxylic acids is 1. The van der Waals surface area contributed by atoms with E-state index < -0.39 is 27.8 Å². The van der Waals surface area contributed by atoms with Crippen LogP contribution in [0, 0.1) is 12.7 Å². The number of hydrogen-bond acceptors (Lipinski definition) is 4. The predicted molar refractivity (Wildman–Crippen MR) is 110 cm³/mol. The summed E-state index contributed by atoms with van der Waals surface area (Å²) in [5.41, 5.74) is 2.01. The molecule has 0 unspecified atom stereocenters. The fraction of sp³-hybridized carbons (Fsp3) is 0.409. The first kappa shape index (κ1) is 21.3. The highest BCUT2D eigenvalue weighted by atomic mass is 32.2. The maximum absolute atomic E-state index is 14.0. The molecule has 5 nitrogen and oxygen atoms in total. The number of para-hydroxylation sites is 1. The van der Waals surface area contributed by atoms with E-state index >= 15 is 0 Å². The van der Waals surface area contributed by atoms with Crippen LogP contribution in [0.3, 0.4) is 0 Å². The SMILES string of the molecule is CC[C@H](Oc1ccccc1F)C(=O)N(Cc1ccc(C)cc1)[C@H]1CCS(=O)(=O)C1. The summed E-state index contributed by atoms with van der Waals surface area (Å²) >= 11 is 0. The largest absolute Gasteiger partial charge is 0.478 e. The van der Waals surface area contributed by atoms with Gasteiger partial charge in [-0.25, -0.2) is 12.8 Å². The molecule has 1 fully saturated rings. The van der Waals surface area contributed by atoms with Gasteiger partial charge < -0.3 is 9.64 Å². The summed E-state index contributed by atoms with van der Waals surface area (Å²) in [6, 6.07) is 13.3. The molecule has 0 saturated carbocycles. The van der Waals surface area contributed by atoms with Crippen molar-refractivity contribution in [2.45, 2.75) is 45.4 Å². The van der Waals surface area contributed by atoms with Crippen LogP contribution in [-0.2, 0) is 21.2 Å². The minimum Gasteiger partial charge on any atom is -0.478 e. The van der Waals surface area contributed by atoms with Gasteiger partial charge in [-0.3, -0.25) is 4.79 Å². The number of halogens is 1. The number of hydrogen-bond donors (Lipinski definition) is 0. The maximum Gasteiger partial charge on any atom is 0.264 e. The molecule has 3 rings (SSSR count). The van der Waals surface area contributed by atoms with E-state index in [9.17, 15) is 17.6 Å². The lowest BCUT2D eigenvalue weighted by Crippen LogP contribution is -2.47. The Labute approximate surface area is 171 Å². The third kappa shape index (κ3) is 5.35. The molecular formula is C22H26FNO4S.